The van der Waals surface area contributed by atoms with Crippen LogP contribution in [0.5, 0.6) is 0 Å². The second-order valence-electron chi connectivity index (χ2n) is 2.87. The minimum atomic E-state index is -1.09. The van der Waals surface area contributed by atoms with E-state index < -0.39 is 12.1 Å². The average Bonchev–Trinajstić information content (AvgIpc) is 2.48. The van der Waals surface area contributed by atoms with Gasteiger partial charge in [-0.05, 0) is 12.0 Å². The van der Waals surface area contributed by atoms with Crippen LogP contribution in [0.25, 0.3) is 10.4 Å². The minimum Gasteiger partial charge on any atom is -0.465 e. The van der Waals surface area contributed by atoms with Crippen molar-refractivity contribution in [3.8, 4) is 0 Å². The van der Waals surface area contributed by atoms with Crippen molar-refractivity contribution in [3.63, 3.8) is 0 Å². The first-order valence-electron chi connectivity index (χ1n) is 3.83. The van der Waals surface area contributed by atoms with Crippen LogP contribution in [0, 0.1) is 0 Å². The zero-order valence-electron chi connectivity index (χ0n) is 6.87. The van der Waals surface area contributed by atoms with Crippen LogP contribution in [0.15, 0.2) is 5.11 Å². The molecule has 0 spiro atoms. The summed E-state index contributed by atoms with van der Waals surface area (Å²) in [6.45, 7) is -0.0611. The maximum Gasteiger partial charge on any atom is 0.407 e. The summed E-state index contributed by atoms with van der Waals surface area (Å²) in [6, 6.07) is -0.786. The van der Waals surface area contributed by atoms with Crippen molar-refractivity contribution in [3.05, 3.63) is 10.4 Å². The fraction of sp³-hybridized carbons (Fsp3) is 0.833. The first-order valence-corrected chi connectivity index (χ1v) is 3.83. The molecule has 1 rings (SSSR count). The third-order valence-corrected chi connectivity index (χ3v) is 2.06. The molecule has 0 aromatic carbocycles. The summed E-state index contributed by atoms with van der Waals surface area (Å²) in [7, 11) is 0. The molecule has 1 aliphatic heterocycles. The Labute approximate surface area is 74.2 Å². The molecule has 0 aliphatic carbocycles. The van der Waals surface area contributed by atoms with Gasteiger partial charge >= 0.3 is 6.09 Å². The Balaban J connectivity index is 2.66. The van der Waals surface area contributed by atoms with Gasteiger partial charge in [-0.1, -0.05) is 5.11 Å². The highest BCUT2D eigenvalue weighted by Gasteiger charge is 2.34. The molecule has 0 radical (unpaired) electrons. The number of amides is 1. The number of hydrogen-bond acceptors (Lipinski definition) is 3. The van der Waals surface area contributed by atoms with E-state index in [9.17, 15) is 4.79 Å². The topological polar surface area (TPSA) is 110 Å². The van der Waals surface area contributed by atoms with Gasteiger partial charge in [0.05, 0.1) is 18.7 Å². The molecule has 0 aromatic heterocycles. The van der Waals surface area contributed by atoms with Gasteiger partial charge in [0.2, 0.25) is 0 Å². The van der Waals surface area contributed by atoms with Crippen LogP contribution in [0.3, 0.4) is 0 Å². The SMILES string of the molecule is [N-]=[N+]=N[C@H]1C[C@@H](CO)N(C(=O)O)C1. The van der Waals surface area contributed by atoms with Crippen molar-refractivity contribution in [1.29, 1.82) is 0 Å². The number of hydrogen-bond donors (Lipinski definition) is 2. The molecule has 0 bridgehead atoms. The lowest BCUT2D eigenvalue weighted by atomic mass is 10.2. The number of aliphatic hydroxyl groups is 1. The quantitative estimate of drug-likeness (QED) is 0.370. The van der Waals surface area contributed by atoms with E-state index in [0.717, 1.165) is 4.90 Å². The highest BCUT2D eigenvalue weighted by atomic mass is 16.4. The second-order valence-corrected chi connectivity index (χ2v) is 2.87. The molecule has 72 valence electrons. The van der Waals surface area contributed by atoms with E-state index in [1.165, 1.54) is 0 Å². The van der Waals surface area contributed by atoms with Gasteiger partial charge in [0.25, 0.3) is 0 Å². The Morgan fingerprint density at radius 2 is 2.46 bits per heavy atom. The van der Waals surface area contributed by atoms with E-state index in [0.29, 0.717) is 6.42 Å². The third-order valence-electron chi connectivity index (χ3n) is 2.06. The molecule has 1 fully saturated rings. The number of nitrogens with zero attached hydrogens (tertiary/aromatic N) is 4. The predicted molar refractivity (Wildman–Crippen MR) is 43.2 cm³/mol. The lowest BCUT2D eigenvalue weighted by molar-refractivity contribution is 0.118. The number of likely N-dealkylation sites (tertiary alicyclic amines) is 1. The number of aliphatic hydroxyl groups excluding tert-OH is 1. The summed E-state index contributed by atoms with van der Waals surface area (Å²) >= 11 is 0. The Kier molecular flexibility index (Phi) is 2.94. The first-order chi connectivity index (χ1) is 6.19. The molecule has 7 heteroatoms. The molecule has 1 amide bonds. The Bertz CT molecular complexity index is 250. The molecule has 1 saturated heterocycles. The van der Waals surface area contributed by atoms with E-state index in [2.05, 4.69) is 10.0 Å². The molecule has 0 saturated carbocycles. The van der Waals surface area contributed by atoms with Crippen molar-refractivity contribution in [2.75, 3.05) is 13.2 Å². The van der Waals surface area contributed by atoms with E-state index >= 15 is 0 Å². The van der Waals surface area contributed by atoms with Crippen LogP contribution in [-0.2, 0) is 0 Å². The predicted octanol–water partition coefficient (Wildman–Crippen LogP) is 0.410. The molecule has 1 heterocycles. The first kappa shape index (κ1) is 9.63. The molecule has 13 heavy (non-hydrogen) atoms. The van der Waals surface area contributed by atoms with Gasteiger partial charge < -0.3 is 15.1 Å². The van der Waals surface area contributed by atoms with Gasteiger partial charge in [-0.25, -0.2) is 4.79 Å². The smallest absolute Gasteiger partial charge is 0.407 e. The summed E-state index contributed by atoms with van der Waals surface area (Å²) in [5.41, 5.74) is 8.14. The lowest BCUT2D eigenvalue weighted by Crippen LogP contribution is -2.36. The van der Waals surface area contributed by atoms with Crippen LogP contribution in [-0.4, -0.2) is 46.4 Å². The van der Waals surface area contributed by atoms with Crippen molar-refractivity contribution in [2.45, 2.75) is 18.5 Å². The van der Waals surface area contributed by atoms with Crippen LogP contribution >= 0.6 is 0 Å². The Hall–Kier alpha value is -1.46. The van der Waals surface area contributed by atoms with Crippen molar-refractivity contribution in [2.24, 2.45) is 5.11 Å². The van der Waals surface area contributed by atoms with E-state index in [4.69, 9.17) is 15.7 Å². The maximum absolute atomic E-state index is 10.6. The molecular weight excluding hydrogens is 176 g/mol. The monoisotopic (exact) mass is 186 g/mol. The van der Waals surface area contributed by atoms with Crippen LogP contribution in [0.4, 0.5) is 4.79 Å². The fourth-order valence-electron chi connectivity index (χ4n) is 1.46. The molecule has 0 unspecified atom stereocenters. The van der Waals surface area contributed by atoms with E-state index in [-0.39, 0.29) is 19.2 Å². The van der Waals surface area contributed by atoms with E-state index in [1.807, 2.05) is 0 Å². The number of carboxylic acid groups (broad SMARTS) is 1. The van der Waals surface area contributed by atoms with Gasteiger partial charge in [0.15, 0.2) is 0 Å². The zero-order valence-corrected chi connectivity index (χ0v) is 6.87. The number of azide groups is 1. The molecular formula is C6H10N4O3. The summed E-state index contributed by atoms with van der Waals surface area (Å²) in [5.74, 6) is 0. The molecule has 0 aromatic rings. The summed E-state index contributed by atoms with van der Waals surface area (Å²) < 4.78 is 0. The van der Waals surface area contributed by atoms with Crippen LogP contribution in [0.2, 0.25) is 0 Å². The third kappa shape index (κ3) is 2.01. The fourth-order valence-corrected chi connectivity index (χ4v) is 1.46. The van der Waals surface area contributed by atoms with Gasteiger partial charge in [0.1, 0.15) is 0 Å². The minimum absolute atomic E-state index is 0.171. The zero-order chi connectivity index (χ0) is 9.84. The maximum atomic E-state index is 10.6. The van der Waals surface area contributed by atoms with E-state index in [1.54, 1.807) is 0 Å². The van der Waals surface area contributed by atoms with Crippen molar-refractivity contribution >= 4 is 6.09 Å². The molecule has 2 N–H and O–H groups in total. The summed E-state index contributed by atoms with van der Waals surface area (Å²) in [4.78, 5) is 14.3. The number of carbonyl (C=O) groups is 1. The molecule has 7 nitrogen and oxygen atoms in total. The van der Waals surface area contributed by atoms with Gasteiger partial charge in [-0.2, -0.15) is 0 Å². The molecule has 2 atom stereocenters. The highest BCUT2D eigenvalue weighted by molar-refractivity contribution is 5.66. The number of rotatable bonds is 2. The highest BCUT2D eigenvalue weighted by Crippen LogP contribution is 2.19. The Morgan fingerprint density at radius 3 is 2.85 bits per heavy atom. The summed E-state index contributed by atoms with van der Waals surface area (Å²) in [6.07, 6.45) is -0.693. The largest absolute Gasteiger partial charge is 0.465 e. The molecule has 1 aliphatic rings. The van der Waals surface area contributed by atoms with Crippen molar-refractivity contribution < 1.29 is 15.0 Å². The normalized spacial score (nSPS) is 27.0. The van der Waals surface area contributed by atoms with Gasteiger partial charge in [-0.3, -0.25) is 0 Å². The van der Waals surface area contributed by atoms with Gasteiger partial charge in [-0.15, -0.1) is 0 Å². The lowest BCUT2D eigenvalue weighted by Gasteiger charge is -2.18. The van der Waals surface area contributed by atoms with Gasteiger partial charge in [0, 0.05) is 11.5 Å². The summed E-state index contributed by atoms with van der Waals surface area (Å²) in [5, 5.41) is 20.9. The van der Waals surface area contributed by atoms with Crippen molar-refractivity contribution in [1.82, 2.24) is 4.90 Å². The van der Waals surface area contributed by atoms with Crippen LogP contribution < -0.4 is 0 Å². The average molecular weight is 186 g/mol. The standard InChI is InChI=1S/C6H10N4O3/c7-9-8-4-1-5(3-11)10(2-4)6(12)13/h4-5,11H,1-3H2,(H,12,13)/t4-,5-/m0/s1. The second kappa shape index (κ2) is 3.97. The van der Waals surface area contributed by atoms with Crippen LogP contribution in [0.1, 0.15) is 6.42 Å². The Morgan fingerprint density at radius 1 is 1.77 bits per heavy atom.